The molecule has 0 saturated carbocycles. The zero-order valence-electron chi connectivity index (χ0n) is 15.1. The maximum absolute atomic E-state index is 12.5. The molecule has 3 aromatic rings. The summed E-state index contributed by atoms with van der Waals surface area (Å²) >= 11 is 1.42. The van der Waals surface area contributed by atoms with Gasteiger partial charge in [-0.3, -0.25) is 4.79 Å². The number of hydrogen-bond donors (Lipinski definition) is 1. The number of esters is 1. The van der Waals surface area contributed by atoms with Crippen molar-refractivity contribution in [2.24, 2.45) is 0 Å². The van der Waals surface area contributed by atoms with Crippen LogP contribution < -0.4 is 11.2 Å². The van der Waals surface area contributed by atoms with Crippen LogP contribution in [0.3, 0.4) is 0 Å². The number of carbonyl (C=O) groups excluding carboxylic acids is 1. The predicted molar refractivity (Wildman–Crippen MR) is 98.0 cm³/mol. The predicted octanol–water partition coefficient (Wildman–Crippen LogP) is 3.09. The number of nitrogens with zero attached hydrogens (tertiary/aromatic N) is 1. The molecule has 3 aromatic heterocycles. The van der Waals surface area contributed by atoms with Crippen molar-refractivity contribution in [2.75, 3.05) is 0 Å². The van der Waals surface area contributed by atoms with Gasteiger partial charge in [-0.05, 0) is 45.7 Å². The maximum atomic E-state index is 12.5. The summed E-state index contributed by atoms with van der Waals surface area (Å²) in [5.41, 5.74) is 0.790. The van der Waals surface area contributed by atoms with Gasteiger partial charge < -0.3 is 14.1 Å². The maximum Gasteiger partial charge on any atom is 0.342 e. The molecule has 0 unspecified atom stereocenters. The molecule has 8 heteroatoms. The molecule has 0 bridgehead atoms. The van der Waals surface area contributed by atoms with E-state index in [4.69, 9.17) is 9.15 Å². The fraction of sp³-hybridized carbons (Fsp3) is 0.333. The molecule has 1 N–H and O–H groups in total. The highest BCUT2D eigenvalue weighted by atomic mass is 32.1. The summed E-state index contributed by atoms with van der Waals surface area (Å²) in [5, 5.41) is 0.561. The Bertz CT molecular complexity index is 1110. The van der Waals surface area contributed by atoms with Gasteiger partial charge in [0.2, 0.25) is 0 Å². The van der Waals surface area contributed by atoms with Gasteiger partial charge >= 0.3 is 11.6 Å². The molecule has 0 aliphatic heterocycles. The van der Waals surface area contributed by atoms with Crippen LogP contribution in [-0.2, 0) is 4.74 Å². The molecule has 0 aliphatic rings. The Kier molecular flexibility index (Phi) is 4.53. The van der Waals surface area contributed by atoms with E-state index in [9.17, 15) is 14.4 Å². The molecule has 7 nitrogen and oxygen atoms in total. The molecule has 0 saturated heterocycles. The summed E-state index contributed by atoms with van der Waals surface area (Å²) in [6, 6.07) is 1.23. The van der Waals surface area contributed by atoms with Gasteiger partial charge in [0.25, 0.3) is 5.56 Å². The van der Waals surface area contributed by atoms with E-state index in [2.05, 4.69) is 9.97 Å². The number of H-pyrrole nitrogens is 1. The monoisotopic (exact) mass is 374 g/mol. The van der Waals surface area contributed by atoms with E-state index < -0.39 is 17.7 Å². The van der Waals surface area contributed by atoms with Crippen LogP contribution in [0, 0.1) is 27.7 Å². The lowest BCUT2D eigenvalue weighted by atomic mass is 10.1. The molecule has 1 atom stereocenters. The Labute approximate surface area is 152 Å². The number of hydrogen-bond acceptors (Lipinski definition) is 7. The van der Waals surface area contributed by atoms with E-state index in [-0.39, 0.29) is 22.7 Å². The van der Waals surface area contributed by atoms with Crippen molar-refractivity contribution in [3.05, 3.63) is 60.0 Å². The highest BCUT2D eigenvalue weighted by Crippen LogP contribution is 2.27. The van der Waals surface area contributed by atoms with E-state index in [0.717, 1.165) is 10.4 Å². The number of thiophene rings is 1. The zero-order chi connectivity index (χ0) is 19.2. The van der Waals surface area contributed by atoms with Gasteiger partial charge in [-0.1, -0.05) is 0 Å². The van der Waals surface area contributed by atoms with Crippen LogP contribution in [0.15, 0.2) is 20.1 Å². The van der Waals surface area contributed by atoms with Crippen molar-refractivity contribution in [1.29, 1.82) is 0 Å². The van der Waals surface area contributed by atoms with Gasteiger partial charge in [-0.2, -0.15) is 0 Å². The first-order chi connectivity index (χ1) is 12.2. The van der Waals surface area contributed by atoms with Gasteiger partial charge in [0.15, 0.2) is 11.9 Å². The third-order valence-electron chi connectivity index (χ3n) is 4.26. The fourth-order valence-corrected chi connectivity index (χ4v) is 3.84. The number of fused-ring (bicyclic) bond motifs is 1. The van der Waals surface area contributed by atoms with Gasteiger partial charge in [0.1, 0.15) is 16.2 Å². The second-order valence-electron chi connectivity index (χ2n) is 6.14. The van der Waals surface area contributed by atoms with E-state index in [0.29, 0.717) is 15.8 Å². The average Bonchev–Trinajstić information content (AvgIpc) is 2.81. The lowest BCUT2D eigenvalue weighted by molar-refractivity contribution is 0.0314. The number of rotatable bonds is 3. The summed E-state index contributed by atoms with van der Waals surface area (Å²) in [6.07, 6.45) is -0.770. The van der Waals surface area contributed by atoms with E-state index in [1.807, 2.05) is 13.8 Å². The number of nitrogens with one attached hydrogen (secondary N) is 1. The quantitative estimate of drug-likeness (QED) is 0.707. The third-order valence-corrected chi connectivity index (χ3v) is 5.37. The Morgan fingerprint density at radius 1 is 1.27 bits per heavy atom. The molecular formula is C18H18N2O5S. The van der Waals surface area contributed by atoms with Crippen molar-refractivity contribution >= 4 is 27.5 Å². The Hall–Kier alpha value is -2.74. The van der Waals surface area contributed by atoms with Crippen LogP contribution in [0.5, 0.6) is 0 Å². The van der Waals surface area contributed by atoms with Crippen LogP contribution >= 0.6 is 11.3 Å². The van der Waals surface area contributed by atoms with Crippen molar-refractivity contribution in [3.8, 4) is 0 Å². The average molecular weight is 374 g/mol. The van der Waals surface area contributed by atoms with Crippen LogP contribution in [0.4, 0.5) is 0 Å². The highest BCUT2D eigenvalue weighted by molar-refractivity contribution is 7.18. The van der Waals surface area contributed by atoms with Gasteiger partial charge in [-0.25, -0.2) is 14.6 Å². The van der Waals surface area contributed by atoms with E-state index in [1.54, 1.807) is 13.8 Å². The fourth-order valence-electron chi connectivity index (χ4n) is 2.80. The summed E-state index contributed by atoms with van der Waals surface area (Å²) < 4.78 is 10.4. The first-order valence-corrected chi connectivity index (χ1v) is 8.83. The second kappa shape index (κ2) is 6.53. The molecule has 0 aromatic carbocycles. The van der Waals surface area contributed by atoms with Crippen LogP contribution in [0.1, 0.15) is 51.0 Å². The first kappa shape index (κ1) is 18.1. The van der Waals surface area contributed by atoms with Crippen molar-refractivity contribution in [3.63, 3.8) is 0 Å². The Morgan fingerprint density at radius 2 is 1.96 bits per heavy atom. The van der Waals surface area contributed by atoms with Crippen molar-refractivity contribution in [2.45, 2.75) is 40.7 Å². The van der Waals surface area contributed by atoms with Gasteiger partial charge in [0, 0.05) is 10.9 Å². The summed E-state index contributed by atoms with van der Waals surface area (Å²) in [4.78, 5) is 45.0. The Balaban J connectivity index is 1.94. The minimum atomic E-state index is -0.770. The van der Waals surface area contributed by atoms with Crippen molar-refractivity contribution in [1.82, 2.24) is 9.97 Å². The summed E-state index contributed by atoms with van der Waals surface area (Å²) in [7, 11) is 0. The molecule has 3 heterocycles. The number of aromatic amines is 1. The largest absolute Gasteiger partial charge is 0.451 e. The molecule has 136 valence electrons. The number of aryl methyl sites for hydroxylation is 4. The van der Waals surface area contributed by atoms with Gasteiger partial charge in [-0.15, -0.1) is 11.3 Å². The minimum Gasteiger partial charge on any atom is -0.451 e. The third kappa shape index (κ3) is 3.08. The Morgan fingerprint density at radius 3 is 2.62 bits per heavy atom. The molecule has 0 aliphatic carbocycles. The molecule has 0 spiro atoms. The SMILES string of the molecule is Cc1cc(=O)oc(C)c1C(=O)O[C@H](C)c1nc2sc(C)c(C)c2c(=O)[nH]1. The highest BCUT2D eigenvalue weighted by Gasteiger charge is 2.22. The summed E-state index contributed by atoms with van der Waals surface area (Å²) in [6.45, 7) is 8.59. The lowest BCUT2D eigenvalue weighted by Crippen LogP contribution is -2.19. The van der Waals surface area contributed by atoms with Crippen LogP contribution in [0.2, 0.25) is 0 Å². The van der Waals surface area contributed by atoms with Crippen LogP contribution in [0.25, 0.3) is 10.2 Å². The van der Waals surface area contributed by atoms with Crippen molar-refractivity contribution < 1.29 is 13.9 Å². The molecule has 26 heavy (non-hydrogen) atoms. The lowest BCUT2D eigenvalue weighted by Gasteiger charge is -2.14. The smallest absolute Gasteiger partial charge is 0.342 e. The normalized spacial score (nSPS) is 12.3. The number of carbonyl (C=O) groups is 1. The summed E-state index contributed by atoms with van der Waals surface area (Å²) in [5.74, 6) is -0.184. The molecule has 0 radical (unpaired) electrons. The molecular weight excluding hydrogens is 356 g/mol. The molecule has 0 fully saturated rings. The molecule has 0 amide bonds. The first-order valence-electron chi connectivity index (χ1n) is 8.01. The topological polar surface area (TPSA) is 102 Å². The number of ether oxygens (including phenoxy) is 1. The molecule has 3 rings (SSSR count). The second-order valence-corrected chi connectivity index (χ2v) is 7.34. The van der Waals surface area contributed by atoms with E-state index >= 15 is 0 Å². The van der Waals surface area contributed by atoms with E-state index in [1.165, 1.54) is 24.3 Å². The minimum absolute atomic E-state index is 0.189. The van der Waals surface area contributed by atoms with Gasteiger partial charge in [0.05, 0.1) is 5.39 Å². The van der Waals surface area contributed by atoms with Crippen LogP contribution in [-0.4, -0.2) is 15.9 Å². The zero-order valence-corrected chi connectivity index (χ0v) is 15.9. The standard InChI is InChI=1S/C18H18N2O5S/c1-7-6-12(21)24-9(3)13(7)18(23)25-10(4)15-19-16(22)14-8(2)11(5)26-17(14)20-15/h6,10H,1-5H3,(H,19,20,22)/t10-/m1/s1. The number of aromatic nitrogens is 2.